The van der Waals surface area contributed by atoms with Gasteiger partial charge in [-0.3, -0.25) is 0 Å². The van der Waals surface area contributed by atoms with Crippen molar-refractivity contribution in [2.45, 2.75) is 18.2 Å². The average Bonchev–Trinajstić information content (AvgIpc) is 2.32. The highest BCUT2D eigenvalue weighted by atomic mass is 79.9. The molecule has 0 aliphatic heterocycles. The molecule has 0 saturated carbocycles. The summed E-state index contributed by atoms with van der Waals surface area (Å²) in [6.07, 6.45) is 0.659. The number of hydrogen-bond donors (Lipinski definition) is 0. The van der Waals surface area contributed by atoms with E-state index in [9.17, 15) is 8.42 Å². The third-order valence-electron chi connectivity index (χ3n) is 2.23. The molecule has 0 fully saturated rings. The maximum atomic E-state index is 12.4. The minimum atomic E-state index is -3.64. The summed E-state index contributed by atoms with van der Waals surface area (Å²) in [5.41, 5.74) is 0. The van der Waals surface area contributed by atoms with Gasteiger partial charge in [0.2, 0.25) is 10.0 Å². The van der Waals surface area contributed by atoms with Gasteiger partial charge in [-0.1, -0.05) is 22.9 Å². The quantitative estimate of drug-likeness (QED) is 0.719. The molecule has 0 heterocycles. The molecular weight excluding hydrogens is 384 g/mol. The van der Waals surface area contributed by atoms with E-state index in [1.165, 1.54) is 10.4 Å². The molecular formula is C11H12Br2N2O2S. The van der Waals surface area contributed by atoms with Crippen molar-refractivity contribution in [2.75, 3.05) is 13.1 Å². The van der Waals surface area contributed by atoms with E-state index in [0.29, 0.717) is 21.9 Å². The van der Waals surface area contributed by atoms with Crippen LogP contribution in [0.2, 0.25) is 0 Å². The zero-order chi connectivity index (χ0) is 13.8. The lowest BCUT2D eigenvalue weighted by molar-refractivity contribution is 0.444. The number of nitrogens with zero attached hydrogens (tertiary/aromatic N) is 2. The summed E-state index contributed by atoms with van der Waals surface area (Å²) in [4.78, 5) is 0.167. The molecule has 0 saturated heterocycles. The Morgan fingerprint density at radius 2 is 2.06 bits per heavy atom. The van der Waals surface area contributed by atoms with Gasteiger partial charge in [0, 0.05) is 15.5 Å². The van der Waals surface area contributed by atoms with Crippen LogP contribution in [0.5, 0.6) is 0 Å². The predicted molar refractivity (Wildman–Crippen MR) is 76.5 cm³/mol. The summed E-state index contributed by atoms with van der Waals surface area (Å²) in [5.74, 6) is 0. The van der Waals surface area contributed by atoms with Gasteiger partial charge in [0.1, 0.15) is 6.54 Å². The molecule has 0 unspecified atom stereocenters. The van der Waals surface area contributed by atoms with E-state index in [-0.39, 0.29) is 11.4 Å². The largest absolute Gasteiger partial charge is 0.245 e. The Bertz CT molecular complexity index is 567. The summed E-state index contributed by atoms with van der Waals surface area (Å²) in [5, 5.41) is 8.72. The third kappa shape index (κ3) is 3.54. The highest BCUT2D eigenvalue weighted by Crippen LogP contribution is 2.28. The molecule has 0 N–H and O–H groups in total. The second kappa shape index (κ2) is 6.66. The van der Waals surface area contributed by atoms with Crippen molar-refractivity contribution in [3.63, 3.8) is 0 Å². The first-order valence-electron chi connectivity index (χ1n) is 5.25. The summed E-state index contributed by atoms with van der Waals surface area (Å²) in [6, 6.07) is 6.82. The van der Waals surface area contributed by atoms with Crippen LogP contribution in [-0.4, -0.2) is 25.8 Å². The lowest BCUT2D eigenvalue weighted by Crippen LogP contribution is -2.32. The van der Waals surface area contributed by atoms with E-state index in [2.05, 4.69) is 31.9 Å². The second-order valence-electron chi connectivity index (χ2n) is 3.57. The summed E-state index contributed by atoms with van der Waals surface area (Å²) >= 11 is 6.47. The van der Waals surface area contributed by atoms with E-state index in [0.717, 1.165) is 0 Å². The molecule has 0 aliphatic carbocycles. The topological polar surface area (TPSA) is 61.2 Å². The molecule has 0 spiro atoms. The molecule has 98 valence electrons. The smallest absolute Gasteiger partial charge is 0.207 e. The van der Waals surface area contributed by atoms with Gasteiger partial charge in [0.15, 0.2) is 0 Å². The van der Waals surface area contributed by atoms with Gasteiger partial charge in [-0.25, -0.2) is 8.42 Å². The van der Waals surface area contributed by atoms with E-state index < -0.39 is 10.0 Å². The van der Waals surface area contributed by atoms with Crippen LogP contribution in [0, 0.1) is 11.3 Å². The van der Waals surface area contributed by atoms with Crippen LogP contribution < -0.4 is 0 Å². The van der Waals surface area contributed by atoms with Crippen molar-refractivity contribution < 1.29 is 8.42 Å². The highest BCUT2D eigenvalue weighted by Gasteiger charge is 2.25. The van der Waals surface area contributed by atoms with Gasteiger partial charge in [0.25, 0.3) is 0 Å². The molecule has 1 aromatic rings. The third-order valence-corrected chi connectivity index (χ3v) is 5.56. The highest BCUT2D eigenvalue weighted by molar-refractivity contribution is 9.11. The Morgan fingerprint density at radius 1 is 1.39 bits per heavy atom. The lowest BCUT2D eigenvalue weighted by Gasteiger charge is -2.19. The molecule has 4 nitrogen and oxygen atoms in total. The molecule has 0 aromatic heterocycles. The van der Waals surface area contributed by atoms with Gasteiger partial charge in [-0.15, -0.1) is 0 Å². The zero-order valence-electron chi connectivity index (χ0n) is 9.73. The number of benzene rings is 1. The normalized spacial score (nSPS) is 11.5. The number of halogens is 2. The minimum Gasteiger partial charge on any atom is -0.207 e. The van der Waals surface area contributed by atoms with Crippen LogP contribution in [0.25, 0.3) is 0 Å². The van der Waals surface area contributed by atoms with E-state index in [1.807, 2.05) is 13.0 Å². The fourth-order valence-electron chi connectivity index (χ4n) is 1.43. The summed E-state index contributed by atoms with van der Waals surface area (Å²) in [7, 11) is -3.64. The molecule has 18 heavy (non-hydrogen) atoms. The van der Waals surface area contributed by atoms with Crippen molar-refractivity contribution in [1.29, 1.82) is 5.26 Å². The Morgan fingerprint density at radius 3 is 2.61 bits per heavy atom. The first-order chi connectivity index (χ1) is 8.43. The molecule has 1 aromatic carbocycles. The van der Waals surface area contributed by atoms with Crippen molar-refractivity contribution in [3.05, 3.63) is 27.1 Å². The SMILES string of the molecule is CCCN(CC#N)S(=O)(=O)c1cc(Br)ccc1Br. The van der Waals surface area contributed by atoms with Gasteiger partial charge in [-0.05, 0) is 40.5 Å². The van der Waals surface area contributed by atoms with Crippen LogP contribution >= 0.6 is 31.9 Å². The monoisotopic (exact) mass is 394 g/mol. The fourth-order valence-corrected chi connectivity index (χ4v) is 4.32. The molecule has 0 atom stereocenters. The van der Waals surface area contributed by atoms with E-state index >= 15 is 0 Å². The maximum Gasteiger partial charge on any atom is 0.245 e. The first kappa shape index (κ1) is 15.6. The Kier molecular flexibility index (Phi) is 5.79. The maximum absolute atomic E-state index is 12.4. The first-order valence-corrected chi connectivity index (χ1v) is 8.28. The Labute approximate surface area is 124 Å². The van der Waals surface area contributed by atoms with Crippen LogP contribution in [-0.2, 0) is 10.0 Å². The number of rotatable bonds is 5. The van der Waals surface area contributed by atoms with Crippen LogP contribution in [0.4, 0.5) is 0 Å². The second-order valence-corrected chi connectivity index (χ2v) is 7.25. The molecule has 0 bridgehead atoms. The Balaban J connectivity index is 3.26. The van der Waals surface area contributed by atoms with E-state index in [4.69, 9.17) is 5.26 Å². The van der Waals surface area contributed by atoms with Crippen molar-refractivity contribution >= 4 is 41.9 Å². The molecule has 0 aliphatic rings. The molecule has 7 heteroatoms. The zero-order valence-corrected chi connectivity index (χ0v) is 13.7. The van der Waals surface area contributed by atoms with Crippen molar-refractivity contribution in [2.24, 2.45) is 0 Å². The molecule has 0 radical (unpaired) electrons. The number of nitriles is 1. The number of sulfonamides is 1. The molecule has 1 rings (SSSR count). The summed E-state index contributed by atoms with van der Waals surface area (Å²) < 4.78 is 27.2. The lowest BCUT2D eigenvalue weighted by atomic mass is 10.4. The van der Waals surface area contributed by atoms with Crippen molar-refractivity contribution in [1.82, 2.24) is 4.31 Å². The van der Waals surface area contributed by atoms with Gasteiger partial charge in [0.05, 0.1) is 11.0 Å². The van der Waals surface area contributed by atoms with Gasteiger partial charge < -0.3 is 0 Å². The van der Waals surface area contributed by atoms with E-state index in [1.54, 1.807) is 12.1 Å². The van der Waals surface area contributed by atoms with Crippen LogP contribution in [0.3, 0.4) is 0 Å². The predicted octanol–water partition coefficient (Wildman–Crippen LogP) is 3.14. The minimum absolute atomic E-state index is 0.144. The van der Waals surface area contributed by atoms with Crippen molar-refractivity contribution in [3.8, 4) is 6.07 Å². The summed E-state index contributed by atoms with van der Waals surface area (Å²) in [6.45, 7) is 2.06. The Hall–Kier alpha value is -0.420. The molecule has 0 amide bonds. The van der Waals surface area contributed by atoms with Gasteiger partial charge >= 0.3 is 0 Å². The standard InChI is InChI=1S/C11H12Br2N2O2S/c1-2-6-15(7-5-14)18(16,17)11-8-9(12)3-4-10(11)13/h3-4,8H,2,6-7H2,1H3. The number of hydrogen-bond acceptors (Lipinski definition) is 3. The van der Waals surface area contributed by atoms with Crippen LogP contribution in [0.1, 0.15) is 13.3 Å². The average molecular weight is 396 g/mol. The fraction of sp³-hybridized carbons (Fsp3) is 0.364. The van der Waals surface area contributed by atoms with Gasteiger partial charge in [-0.2, -0.15) is 9.57 Å². The van der Waals surface area contributed by atoms with Crippen LogP contribution in [0.15, 0.2) is 32.0 Å².